The number of methoxy groups -OCH3 is 1. The Morgan fingerprint density at radius 1 is 1.23 bits per heavy atom. The maximum atomic E-state index is 13.2. The van der Waals surface area contributed by atoms with Crippen molar-refractivity contribution >= 4 is 17.5 Å². The SMILES string of the molecule is COc1ccc(CCc2nc(C3CC(=O)N(Cc4ccc(F)cc4Cl)C3)no2)cc1. The summed E-state index contributed by atoms with van der Waals surface area (Å²) in [6.45, 7) is 0.806. The molecule has 1 amide bonds. The zero-order valence-corrected chi connectivity index (χ0v) is 17.2. The van der Waals surface area contributed by atoms with Gasteiger partial charge >= 0.3 is 0 Å². The highest BCUT2D eigenvalue weighted by Crippen LogP contribution is 2.29. The van der Waals surface area contributed by atoms with Crippen molar-refractivity contribution in [3.8, 4) is 5.75 Å². The second-order valence-electron chi connectivity index (χ2n) is 7.31. The van der Waals surface area contributed by atoms with Crippen LogP contribution in [0, 0.1) is 5.82 Å². The molecule has 3 aromatic rings. The average molecular weight is 430 g/mol. The molecule has 4 rings (SSSR count). The number of ether oxygens (including phenoxy) is 1. The Hall–Kier alpha value is -2.93. The number of aryl methyl sites for hydroxylation is 2. The van der Waals surface area contributed by atoms with Gasteiger partial charge in [0.1, 0.15) is 11.6 Å². The molecule has 1 aliphatic rings. The summed E-state index contributed by atoms with van der Waals surface area (Å²) in [5.74, 6) is 1.37. The fourth-order valence-corrected chi connectivity index (χ4v) is 3.76. The molecule has 1 aliphatic heterocycles. The number of rotatable bonds is 7. The molecule has 0 N–H and O–H groups in total. The van der Waals surface area contributed by atoms with Crippen LogP contribution in [0.5, 0.6) is 5.75 Å². The number of carbonyl (C=O) groups excluding carboxylic acids is 1. The van der Waals surface area contributed by atoms with Crippen LogP contribution in [0.4, 0.5) is 4.39 Å². The Bertz CT molecular complexity index is 1040. The second-order valence-corrected chi connectivity index (χ2v) is 7.71. The van der Waals surface area contributed by atoms with Gasteiger partial charge in [0.2, 0.25) is 11.8 Å². The Kier molecular flexibility index (Phi) is 5.99. The van der Waals surface area contributed by atoms with E-state index in [0.29, 0.717) is 48.2 Å². The van der Waals surface area contributed by atoms with E-state index < -0.39 is 5.82 Å². The smallest absolute Gasteiger partial charge is 0.226 e. The largest absolute Gasteiger partial charge is 0.497 e. The summed E-state index contributed by atoms with van der Waals surface area (Å²) in [6, 6.07) is 12.0. The fraction of sp³-hybridized carbons (Fsp3) is 0.318. The number of carbonyl (C=O) groups is 1. The van der Waals surface area contributed by atoms with E-state index in [1.54, 1.807) is 18.1 Å². The topological polar surface area (TPSA) is 68.5 Å². The normalized spacial score (nSPS) is 16.3. The molecule has 0 aliphatic carbocycles. The van der Waals surface area contributed by atoms with Crippen molar-refractivity contribution in [2.45, 2.75) is 31.7 Å². The van der Waals surface area contributed by atoms with Gasteiger partial charge in [0.25, 0.3) is 0 Å². The van der Waals surface area contributed by atoms with E-state index in [1.165, 1.54) is 12.1 Å². The Morgan fingerprint density at radius 2 is 2.03 bits per heavy atom. The molecule has 6 nitrogen and oxygen atoms in total. The molecule has 2 aromatic carbocycles. The van der Waals surface area contributed by atoms with E-state index in [1.807, 2.05) is 24.3 Å². The van der Waals surface area contributed by atoms with Gasteiger partial charge in [-0.1, -0.05) is 35.0 Å². The molecule has 0 bridgehead atoms. The number of aromatic nitrogens is 2. The lowest BCUT2D eigenvalue weighted by molar-refractivity contribution is -0.128. The molecular formula is C22H21ClFN3O3. The van der Waals surface area contributed by atoms with Crippen LogP contribution in [-0.4, -0.2) is 34.6 Å². The Balaban J connectivity index is 1.35. The number of hydrogen-bond acceptors (Lipinski definition) is 5. The van der Waals surface area contributed by atoms with Crippen LogP contribution in [0.25, 0.3) is 0 Å². The van der Waals surface area contributed by atoms with E-state index >= 15 is 0 Å². The summed E-state index contributed by atoms with van der Waals surface area (Å²) in [5, 5.41) is 4.39. The number of likely N-dealkylation sites (tertiary alicyclic amines) is 1. The highest BCUT2D eigenvalue weighted by Gasteiger charge is 2.33. The quantitative estimate of drug-likeness (QED) is 0.563. The number of amides is 1. The summed E-state index contributed by atoms with van der Waals surface area (Å²) < 4.78 is 23.8. The molecule has 0 radical (unpaired) electrons. The van der Waals surface area contributed by atoms with Crippen molar-refractivity contribution in [1.82, 2.24) is 15.0 Å². The minimum Gasteiger partial charge on any atom is -0.497 e. The minimum absolute atomic E-state index is 0.00928. The molecule has 8 heteroatoms. The lowest BCUT2D eigenvalue weighted by Gasteiger charge is -2.17. The van der Waals surface area contributed by atoms with Crippen LogP contribution < -0.4 is 4.74 Å². The molecular weight excluding hydrogens is 409 g/mol. The number of benzene rings is 2. The first kappa shape index (κ1) is 20.3. The van der Waals surface area contributed by atoms with E-state index in [9.17, 15) is 9.18 Å². The van der Waals surface area contributed by atoms with Gasteiger partial charge in [0, 0.05) is 36.9 Å². The van der Waals surface area contributed by atoms with Crippen LogP contribution in [0.3, 0.4) is 0 Å². The third-order valence-corrected chi connectivity index (χ3v) is 5.58. The Morgan fingerprint density at radius 3 is 2.77 bits per heavy atom. The maximum Gasteiger partial charge on any atom is 0.226 e. The van der Waals surface area contributed by atoms with Crippen LogP contribution in [-0.2, 0) is 24.2 Å². The number of halogens is 2. The molecule has 2 heterocycles. The van der Waals surface area contributed by atoms with Crippen molar-refractivity contribution in [2.24, 2.45) is 0 Å². The lowest BCUT2D eigenvalue weighted by atomic mass is 10.1. The van der Waals surface area contributed by atoms with Crippen LogP contribution in [0.15, 0.2) is 47.0 Å². The number of nitrogens with zero attached hydrogens (tertiary/aromatic N) is 3. The lowest BCUT2D eigenvalue weighted by Crippen LogP contribution is -2.24. The molecule has 1 atom stereocenters. The first-order valence-corrected chi connectivity index (χ1v) is 10.1. The zero-order chi connectivity index (χ0) is 21.1. The van der Waals surface area contributed by atoms with Gasteiger partial charge in [-0.2, -0.15) is 4.98 Å². The predicted molar refractivity (Wildman–Crippen MR) is 109 cm³/mol. The van der Waals surface area contributed by atoms with Crippen molar-refractivity contribution < 1.29 is 18.4 Å². The van der Waals surface area contributed by atoms with Gasteiger partial charge in [0.05, 0.1) is 7.11 Å². The van der Waals surface area contributed by atoms with E-state index in [4.69, 9.17) is 20.9 Å². The highest BCUT2D eigenvalue weighted by molar-refractivity contribution is 6.31. The average Bonchev–Trinajstić information content (AvgIpc) is 3.36. The molecule has 1 fully saturated rings. The first-order chi connectivity index (χ1) is 14.5. The van der Waals surface area contributed by atoms with Crippen molar-refractivity contribution in [2.75, 3.05) is 13.7 Å². The summed E-state index contributed by atoms with van der Waals surface area (Å²) >= 11 is 6.09. The minimum atomic E-state index is -0.400. The van der Waals surface area contributed by atoms with Crippen molar-refractivity contribution in [3.63, 3.8) is 0 Å². The van der Waals surface area contributed by atoms with Crippen LogP contribution in [0.1, 0.15) is 35.2 Å². The van der Waals surface area contributed by atoms with E-state index in [-0.39, 0.29) is 11.8 Å². The molecule has 1 saturated heterocycles. The van der Waals surface area contributed by atoms with Gasteiger partial charge in [0.15, 0.2) is 5.82 Å². The predicted octanol–water partition coefficient (Wildman–Crippen LogP) is 4.17. The van der Waals surface area contributed by atoms with Crippen molar-refractivity contribution in [1.29, 1.82) is 0 Å². The molecule has 0 saturated carbocycles. The van der Waals surface area contributed by atoms with Crippen molar-refractivity contribution in [3.05, 3.63) is 76.1 Å². The van der Waals surface area contributed by atoms with Gasteiger partial charge in [-0.25, -0.2) is 4.39 Å². The molecule has 1 unspecified atom stereocenters. The maximum absolute atomic E-state index is 13.2. The van der Waals surface area contributed by atoms with E-state index in [0.717, 1.165) is 17.7 Å². The van der Waals surface area contributed by atoms with Gasteiger partial charge in [-0.05, 0) is 41.8 Å². The van der Waals surface area contributed by atoms with Crippen LogP contribution in [0.2, 0.25) is 5.02 Å². The van der Waals surface area contributed by atoms with Crippen LogP contribution >= 0.6 is 11.6 Å². The third-order valence-electron chi connectivity index (χ3n) is 5.23. The monoisotopic (exact) mass is 429 g/mol. The van der Waals surface area contributed by atoms with E-state index in [2.05, 4.69) is 10.1 Å². The summed E-state index contributed by atoms with van der Waals surface area (Å²) in [7, 11) is 1.64. The molecule has 156 valence electrons. The van der Waals surface area contributed by atoms with Gasteiger partial charge < -0.3 is 14.2 Å². The second kappa shape index (κ2) is 8.83. The first-order valence-electron chi connectivity index (χ1n) is 9.69. The highest BCUT2D eigenvalue weighted by atomic mass is 35.5. The molecule has 1 aromatic heterocycles. The zero-order valence-electron chi connectivity index (χ0n) is 16.5. The summed E-state index contributed by atoms with van der Waals surface area (Å²) in [5.41, 5.74) is 1.86. The third kappa shape index (κ3) is 4.62. The number of hydrogen-bond donors (Lipinski definition) is 0. The molecule has 0 spiro atoms. The fourth-order valence-electron chi connectivity index (χ4n) is 3.53. The standard InChI is InChI=1S/C22H21ClFN3O3/c1-29-18-7-2-14(3-8-18)4-9-20-25-22(26-30-20)16-10-21(28)27(13-16)12-15-5-6-17(24)11-19(15)23/h2-3,5-8,11,16H,4,9-10,12-13H2,1H3. The summed E-state index contributed by atoms with van der Waals surface area (Å²) in [4.78, 5) is 18.6. The summed E-state index contributed by atoms with van der Waals surface area (Å²) in [6.07, 6.45) is 1.70. The van der Waals surface area contributed by atoms with Gasteiger partial charge in [-0.3, -0.25) is 4.79 Å². The van der Waals surface area contributed by atoms with Gasteiger partial charge in [-0.15, -0.1) is 0 Å². The molecule has 30 heavy (non-hydrogen) atoms. The Labute approximate surface area is 178 Å².